The van der Waals surface area contributed by atoms with Crippen LogP contribution in [0.15, 0.2) is 42.7 Å². The standard InChI is InChI=1S/C18H17N5O2/c1-25-18(24)13-5-7-20-17-11-23(10-14(13)17)9-12-8-16(22-21-12)15-4-2-3-6-19-15/h2-8H,9-11H2,1H3,(H,21,22). The lowest BCUT2D eigenvalue weighted by atomic mass is 10.1. The molecule has 0 unspecified atom stereocenters. The number of pyridine rings is 2. The number of ether oxygens (including phenoxy) is 1. The third-order valence-corrected chi connectivity index (χ3v) is 4.26. The van der Waals surface area contributed by atoms with Gasteiger partial charge in [-0.2, -0.15) is 5.10 Å². The molecule has 0 saturated heterocycles. The number of methoxy groups -OCH3 is 1. The summed E-state index contributed by atoms with van der Waals surface area (Å²) in [7, 11) is 1.39. The van der Waals surface area contributed by atoms with E-state index in [2.05, 4.69) is 25.1 Å². The number of nitrogens with one attached hydrogen (secondary N) is 1. The molecule has 3 aromatic heterocycles. The molecule has 0 atom stereocenters. The topological polar surface area (TPSA) is 84.0 Å². The summed E-state index contributed by atoms with van der Waals surface area (Å²) in [5.41, 5.74) is 5.11. The van der Waals surface area contributed by atoms with E-state index in [0.717, 1.165) is 28.3 Å². The fraction of sp³-hybridized carbons (Fsp3) is 0.222. The van der Waals surface area contributed by atoms with Gasteiger partial charge in [0.15, 0.2) is 0 Å². The average molecular weight is 335 g/mol. The maximum atomic E-state index is 11.9. The number of esters is 1. The lowest BCUT2D eigenvalue weighted by Gasteiger charge is -2.12. The molecule has 0 amide bonds. The Morgan fingerprint density at radius 1 is 1.20 bits per heavy atom. The highest BCUT2D eigenvalue weighted by atomic mass is 16.5. The molecule has 3 aromatic rings. The third-order valence-electron chi connectivity index (χ3n) is 4.26. The number of carbonyl (C=O) groups excluding carboxylic acids is 1. The number of aromatic nitrogens is 4. The summed E-state index contributed by atoms with van der Waals surface area (Å²) in [5.74, 6) is -0.320. The van der Waals surface area contributed by atoms with Gasteiger partial charge in [0.05, 0.1) is 24.1 Å². The van der Waals surface area contributed by atoms with Gasteiger partial charge in [0.25, 0.3) is 0 Å². The molecule has 4 heterocycles. The molecule has 126 valence electrons. The van der Waals surface area contributed by atoms with E-state index in [9.17, 15) is 4.79 Å². The van der Waals surface area contributed by atoms with E-state index < -0.39 is 0 Å². The highest BCUT2D eigenvalue weighted by Gasteiger charge is 2.26. The van der Waals surface area contributed by atoms with Crippen LogP contribution in [-0.4, -0.2) is 38.1 Å². The Morgan fingerprint density at radius 3 is 2.92 bits per heavy atom. The highest BCUT2D eigenvalue weighted by Crippen LogP contribution is 2.26. The van der Waals surface area contributed by atoms with Gasteiger partial charge >= 0.3 is 5.97 Å². The molecule has 7 nitrogen and oxygen atoms in total. The van der Waals surface area contributed by atoms with Gasteiger partial charge in [-0.05, 0) is 24.3 Å². The van der Waals surface area contributed by atoms with Crippen molar-refractivity contribution in [3.8, 4) is 11.4 Å². The smallest absolute Gasteiger partial charge is 0.338 e. The van der Waals surface area contributed by atoms with Crippen LogP contribution in [0.25, 0.3) is 11.4 Å². The normalized spacial score (nSPS) is 13.6. The number of carbonyl (C=O) groups is 1. The molecule has 0 bridgehead atoms. The fourth-order valence-electron chi connectivity index (χ4n) is 3.08. The van der Waals surface area contributed by atoms with Gasteiger partial charge in [-0.15, -0.1) is 0 Å². The molecule has 0 fully saturated rings. The van der Waals surface area contributed by atoms with Crippen LogP contribution in [0.3, 0.4) is 0 Å². The van der Waals surface area contributed by atoms with E-state index in [0.29, 0.717) is 25.2 Å². The van der Waals surface area contributed by atoms with Crippen molar-refractivity contribution in [2.75, 3.05) is 7.11 Å². The van der Waals surface area contributed by atoms with Crippen molar-refractivity contribution < 1.29 is 9.53 Å². The minimum absolute atomic E-state index is 0.320. The van der Waals surface area contributed by atoms with Crippen LogP contribution in [0.1, 0.15) is 27.3 Å². The Bertz CT molecular complexity index is 907. The van der Waals surface area contributed by atoms with Crippen molar-refractivity contribution in [1.29, 1.82) is 0 Å². The highest BCUT2D eigenvalue weighted by molar-refractivity contribution is 5.91. The second-order valence-corrected chi connectivity index (χ2v) is 5.91. The Kier molecular flexibility index (Phi) is 3.99. The molecule has 7 heteroatoms. The summed E-state index contributed by atoms with van der Waals surface area (Å²) >= 11 is 0. The lowest BCUT2D eigenvalue weighted by molar-refractivity contribution is 0.0599. The summed E-state index contributed by atoms with van der Waals surface area (Å²) in [6.07, 6.45) is 3.41. The fourth-order valence-corrected chi connectivity index (χ4v) is 3.08. The maximum absolute atomic E-state index is 11.9. The van der Waals surface area contributed by atoms with E-state index in [1.54, 1.807) is 18.5 Å². The van der Waals surface area contributed by atoms with Crippen LogP contribution in [-0.2, 0) is 24.4 Å². The molecule has 0 radical (unpaired) electrons. The van der Waals surface area contributed by atoms with Crippen molar-refractivity contribution >= 4 is 5.97 Å². The Morgan fingerprint density at radius 2 is 2.12 bits per heavy atom. The first kappa shape index (κ1) is 15.5. The Balaban J connectivity index is 1.50. The molecule has 4 rings (SSSR count). The average Bonchev–Trinajstić information content (AvgIpc) is 3.28. The lowest BCUT2D eigenvalue weighted by Crippen LogP contribution is -2.16. The second kappa shape index (κ2) is 6.45. The summed E-state index contributed by atoms with van der Waals surface area (Å²) < 4.78 is 4.86. The SMILES string of the molecule is COC(=O)c1ccnc2c1CN(Cc1cc(-c3ccccn3)n[nH]1)C2. The summed E-state index contributed by atoms with van der Waals surface area (Å²) in [6.45, 7) is 2.04. The Hall–Kier alpha value is -3.06. The molecule has 0 saturated carbocycles. The predicted octanol–water partition coefficient (Wildman–Crippen LogP) is 2.17. The van der Waals surface area contributed by atoms with Crippen LogP contribution in [0.2, 0.25) is 0 Å². The minimum Gasteiger partial charge on any atom is -0.465 e. The number of fused-ring (bicyclic) bond motifs is 1. The van der Waals surface area contributed by atoms with Crippen LogP contribution >= 0.6 is 0 Å². The van der Waals surface area contributed by atoms with Gasteiger partial charge in [-0.25, -0.2) is 4.79 Å². The molecule has 1 aliphatic rings. The number of H-pyrrole nitrogens is 1. The molecule has 0 aromatic carbocycles. The number of hydrogen-bond acceptors (Lipinski definition) is 6. The second-order valence-electron chi connectivity index (χ2n) is 5.91. The van der Waals surface area contributed by atoms with Crippen molar-refractivity contribution in [3.63, 3.8) is 0 Å². The van der Waals surface area contributed by atoms with Crippen LogP contribution in [0, 0.1) is 0 Å². The van der Waals surface area contributed by atoms with E-state index in [1.807, 2.05) is 24.3 Å². The van der Waals surface area contributed by atoms with E-state index in [4.69, 9.17) is 4.74 Å². The van der Waals surface area contributed by atoms with Crippen LogP contribution in [0.5, 0.6) is 0 Å². The van der Waals surface area contributed by atoms with Crippen LogP contribution in [0.4, 0.5) is 0 Å². The quantitative estimate of drug-likeness (QED) is 0.736. The van der Waals surface area contributed by atoms with E-state index in [-0.39, 0.29) is 5.97 Å². The first-order valence-electron chi connectivity index (χ1n) is 7.97. The third kappa shape index (κ3) is 3.01. The van der Waals surface area contributed by atoms with Gasteiger partial charge in [-0.3, -0.25) is 20.0 Å². The maximum Gasteiger partial charge on any atom is 0.338 e. The van der Waals surface area contributed by atoms with Crippen molar-refractivity contribution in [3.05, 3.63) is 65.2 Å². The zero-order valence-electron chi connectivity index (χ0n) is 13.8. The molecule has 1 N–H and O–H groups in total. The van der Waals surface area contributed by atoms with Crippen molar-refractivity contribution in [1.82, 2.24) is 25.1 Å². The first-order valence-corrected chi connectivity index (χ1v) is 7.97. The molecule has 1 aliphatic heterocycles. The predicted molar refractivity (Wildman–Crippen MR) is 90.3 cm³/mol. The molecular formula is C18H17N5O2. The number of nitrogens with zero attached hydrogens (tertiary/aromatic N) is 4. The van der Waals surface area contributed by atoms with Gasteiger partial charge in [0, 0.05) is 43.3 Å². The van der Waals surface area contributed by atoms with Gasteiger partial charge in [0.1, 0.15) is 5.69 Å². The number of rotatable bonds is 4. The summed E-state index contributed by atoms with van der Waals surface area (Å²) in [5, 5.41) is 7.40. The van der Waals surface area contributed by atoms with Gasteiger partial charge < -0.3 is 4.74 Å². The zero-order chi connectivity index (χ0) is 17.2. The van der Waals surface area contributed by atoms with Crippen LogP contribution < -0.4 is 0 Å². The molecular weight excluding hydrogens is 318 g/mol. The Labute approximate surface area is 144 Å². The van der Waals surface area contributed by atoms with Crippen molar-refractivity contribution in [2.24, 2.45) is 0 Å². The molecule has 0 aliphatic carbocycles. The van der Waals surface area contributed by atoms with Crippen molar-refractivity contribution in [2.45, 2.75) is 19.6 Å². The van der Waals surface area contributed by atoms with Gasteiger partial charge in [-0.1, -0.05) is 6.07 Å². The zero-order valence-corrected chi connectivity index (χ0v) is 13.8. The van der Waals surface area contributed by atoms with E-state index in [1.165, 1.54) is 7.11 Å². The monoisotopic (exact) mass is 335 g/mol. The molecule has 0 spiro atoms. The number of aromatic amines is 1. The largest absolute Gasteiger partial charge is 0.465 e. The minimum atomic E-state index is -0.320. The summed E-state index contributed by atoms with van der Waals surface area (Å²) in [4.78, 5) is 22.8. The summed E-state index contributed by atoms with van der Waals surface area (Å²) in [6, 6.07) is 9.46. The molecule has 25 heavy (non-hydrogen) atoms. The van der Waals surface area contributed by atoms with Gasteiger partial charge in [0.2, 0.25) is 0 Å². The van der Waals surface area contributed by atoms with E-state index >= 15 is 0 Å². The number of hydrogen-bond donors (Lipinski definition) is 1. The first-order chi connectivity index (χ1) is 12.2.